The number of pyridine rings is 1. The lowest BCUT2D eigenvalue weighted by Gasteiger charge is -2.16. The number of fused-ring (bicyclic) bond motifs is 1. The van der Waals surface area contributed by atoms with E-state index in [2.05, 4.69) is 15.6 Å². The van der Waals surface area contributed by atoms with Gasteiger partial charge in [0.05, 0.1) is 38.1 Å². The number of methoxy groups -OCH3 is 3. The molecule has 0 aliphatic rings. The molecule has 0 saturated carbocycles. The molecule has 1 unspecified atom stereocenters. The van der Waals surface area contributed by atoms with Crippen molar-refractivity contribution in [3.8, 4) is 28.5 Å². The van der Waals surface area contributed by atoms with Gasteiger partial charge in [-0.3, -0.25) is 10.1 Å². The summed E-state index contributed by atoms with van der Waals surface area (Å²) in [5, 5.41) is 4.89. The van der Waals surface area contributed by atoms with Crippen LogP contribution in [0.25, 0.3) is 22.2 Å². The summed E-state index contributed by atoms with van der Waals surface area (Å²) in [5.74, 6) is -0.223. The van der Waals surface area contributed by atoms with Crippen LogP contribution in [-0.2, 0) is 9.53 Å². The van der Waals surface area contributed by atoms with E-state index in [-0.39, 0.29) is 5.56 Å². The minimum atomic E-state index is -1.21. The summed E-state index contributed by atoms with van der Waals surface area (Å²) < 4.78 is 21.6. The van der Waals surface area contributed by atoms with E-state index in [1.807, 2.05) is 0 Å². The van der Waals surface area contributed by atoms with Crippen LogP contribution in [0.3, 0.4) is 0 Å². The zero-order chi connectivity index (χ0) is 24.8. The summed E-state index contributed by atoms with van der Waals surface area (Å²) in [6.07, 6.45) is -1.21. The van der Waals surface area contributed by atoms with Gasteiger partial charge in [0.1, 0.15) is 0 Å². The fraction of sp³-hybridized carbons (Fsp3) is 0.250. The van der Waals surface area contributed by atoms with Crippen molar-refractivity contribution in [1.82, 2.24) is 15.6 Å². The number of hydrogen-bond acceptors (Lipinski definition) is 8. The fourth-order valence-corrected chi connectivity index (χ4v) is 3.27. The first-order valence-electron chi connectivity index (χ1n) is 10.3. The standard InChI is InChI=1S/C24H25N3O7/c1-13(22(28)27-24(30)25-2)34-23(29)16-12-18(26-17-9-7-6-8-15(16)17)14-10-19(31-3)21(33-5)20(11-14)32-4/h6-13H,1-5H3,(H2,25,27,28,30). The van der Waals surface area contributed by atoms with Crippen molar-refractivity contribution in [2.24, 2.45) is 0 Å². The van der Waals surface area contributed by atoms with Crippen LogP contribution < -0.4 is 24.8 Å². The number of ether oxygens (including phenoxy) is 4. The van der Waals surface area contributed by atoms with Crippen LogP contribution in [0.5, 0.6) is 17.2 Å². The van der Waals surface area contributed by atoms with Crippen molar-refractivity contribution in [1.29, 1.82) is 0 Å². The molecule has 3 amide bonds. The third kappa shape index (κ3) is 5.01. The number of nitrogens with one attached hydrogen (secondary N) is 2. The molecule has 0 fully saturated rings. The summed E-state index contributed by atoms with van der Waals surface area (Å²) in [7, 11) is 5.88. The molecule has 2 N–H and O–H groups in total. The lowest BCUT2D eigenvalue weighted by Crippen LogP contribution is -2.43. The topological polar surface area (TPSA) is 125 Å². The molecule has 3 rings (SSSR count). The van der Waals surface area contributed by atoms with Crippen molar-refractivity contribution < 1.29 is 33.3 Å². The summed E-state index contributed by atoms with van der Waals surface area (Å²) in [4.78, 5) is 41.2. The lowest BCUT2D eigenvalue weighted by molar-refractivity contribution is -0.127. The maximum atomic E-state index is 13.1. The predicted molar refractivity (Wildman–Crippen MR) is 124 cm³/mol. The van der Waals surface area contributed by atoms with Gasteiger partial charge in [-0.05, 0) is 31.2 Å². The quantitative estimate of drug-likeness (QED) is 0.508. The third-order valence-electron chi connectivity index (χ3n) is 5.01. The van der Waals surface area contributed by atoms with Crippen molar-refractivity contribution in [2.75, 3.05) is 28.4 Å². The number of imide groups is 1. The number of para-hydroxylation sites is 1. The normalized spacial score (nSPS) is 11.3. The molecule has 3 aromatic rings. The maximum absolute atomic E-state index is 13.1. The second-order valence-electron chi connectivity index (χ2n) is 7.10. The van der Waals surface area contributed by atoms with Crippen molar-refractivity contribution in [3.05, 3.63) is 48.0 Å². The average molecular weight is 467 g/mol. The highest BCUT2D eigenvalue weighted by Gasteiger charge is 2.23. The zero-order valence-electron chi connectivity index (χ0n) is 19.4. The Labute approximate surface area is 196 Å². The van der Waals surface area contributed by atoms with Crippen LogP contribution in [0.15, 0.2) is 42.5 Å². The number of benzene rings is 2. The van der Waals surface area contributed by atoms with Gasteiger partial charge in [-0.25, -0.2) is 14.6 Å². The van der Waals surface area contributed by atoms with Crippen molar-refractivity contribution in [2.45, 2.75) is 13.0 Å². The van der Waals surface area contributed by atoms with E-state index in [0.717, 1.165) is 0 Å². The molecule has 10 heteroatoms. The van der Waals surface area contributed by atoms with Gasteiger partial charge in [-0.15, -0.1) is 0 Å². The SMILES string of the molecule is CNC(=O)NC(=O)C(C)OC(=O)c1cc(-c2cc(OC)c(OC)c(OC)c2)nc2ccccc12. The van der Waals surface area contributed by atoms with Gasteiger partial charge in [-0.2, -0.15) is 0 Å². The second kappa shape index (κ2) is 10.5. The summed E-state index contributed by atoms with van der Waals surface area (Å²) in [6.45, 7) is 1.37. The van der Waals surface area contributed by atoms with E-state index in [9.17, 15) is 14.4 Å². The van der Waals surface area contributed by atoms with Crippen LogP contribution >= 0.6 is 0 Å². The largest absolute Gasteiger partial charge is 0.493 e. The van der Waals surface area contributed by atoms with Gasteiger partial charge in [-0.1, -0.05) is 18.2 Å². The van der Waals surface area contributed by atoms with Crippen molar-refractivity contribution in [3.63, 3.8) is 0 Å². The van der Waals surface area contributed by atoms with Gasteiger partial charge in [0.25, 0.3) is 5.91 Å². The smallest absolute Gasteiger partial charge is 0.339 e. The number of urea groups is 1. The molecule has 0 aliphatic heterocycles. The van der Waals surface area contributed by atoms with E-state index in [4.69, 9.17) is 18.9 Å². The second-order valence-corrected chi connectivity index (χ2v) is 7.10. The average Bonchev–Trinajstić information content (AvgIpc) is 2.86. The van der Waals surface area contributed by atoms with Crippen LogP contribution in [0.2, 0.25) is 0 Å². The monoisotopic (exact) mass is 467 g/mol. The molecule has 1 atom stereocenters. The third-order valence-corrected chi connectivity index (χ3v) is 5.01. The number of nitrogens with zero attached hydrogens (tertiary/aromatic N) is 1. The summed E-state index contributed by atoms with van der Waals surface area (Å²) in [6, 6.07) is 11.3. The molecule has 2 aromatic carbocycles. The number of hydrogen-bond donors (Lipinski definition) is 2. The first-order chi connectivity index (χ1) is 16.3. The molecule has 1 heterocycles. The molecular weight excluding hydrogens is 442 g/mol. The number of carbonyl (C=O) groups is 3. The number of amides is 3. The van der Waals surface area contributed by atoms with E-state index in [0.29, 0.717) is 39.4 Å². The highest BCUT2D eigenvalue weighted by molar-refractivity contribution is 6.06. The number of rotatable bonds is 7. The van der Waals surface area contributed by atoms with Gasteiger partial charge in [0.2, 0.25) is 5.75 Å². The molecular formula is C24H25N3O7. The predicted octanol–water partition coefficient (Wildman–Crippen LogP) is 2.93. The van der Waals surface area contributed by atoms with E-state index in [1.165, 1.54) is 35.3 Å². The van der Waals surface area contributed by atoms with Crippen LogP contribution in [-0.4, -0.2) is 57.4 Å². The number of carbonyl (C=O) groups excluding carboxylic acids is 3. The first-order valence-corrected chi connectivity index (χ1v) is 10.3. The Hall–Kier alpha value is -4.34. The molecule has 0 aliphatic carbocycles. The zero-order valence-corrected chi connectivity index (χ0v) is 19.4. The Morgan fingerprint density at radius 3 is 2.18 bits per heavy atom. The Balaban J connectivity index is 2.05. The van der Waals surface area contributed by atoms with Gasteiger partial charge >= 0.3 is 12.0 Å². The Bertz CT molecular complexity index is 1220. The Morgan fingerprint density at radius 1 is 0.941 bits per heavy atom. The van der Waals surface area contributed by atoms with Crippen LogP contribution in [0, 0.1) is 0 Å². The highest BCUT2D eigenvalue weighted by Crippen LogP contribution is 2.41. The van der Waals surface area contributed by atoms with E-state index < -0.39 is 24.0 Å². The summed E-state index contributed by atoms with van der Waals surface area (Å²) >= 11 is 0. The van der Waals surface area contributed by atoms with Crippen LogP contribution in [0.4, 0.5) is 4.79 Å². The Kier molecular flexibility index (Phi) is 7.52. The van der Waals surface area contributed by atoms with E-state index >= 15 is 0 Å². The van der Waals surface area contributed by atoms with Gasteiger partial charge in [0, 0.05) is 18.0 Å². The van der Waals surface area contributed by atoms with Gasteiger partial charge in [0.15, 0.2) is 17.6 Å². The molecule has 34 heavy (non-hydrogen) atoms. The van der Waals surface area contributed by atoms with E-state index in [1.54, 1.807) is 42.5 Å². The number of esters is 1. The molecule has 0 radical (unpaired) electrons. The first kappa shape index (κ1) is 24.3. The van der Waals surface area contributed by atoms with Gasteiger partial charge < -0.3 is 24.3 Å². The highest BCUT2D eigenvalue weighted by atomic mass is 16.5. The molecule has 0 spiro atoms. The van der Waals surface area contributed by atoms with Crippen LogP contribution in [0.1, 0.15) is 17.3 Å². The number of aromatic nitrogens is 1. The minimum absolute atomic E-state index is 0.203. The molecule has 10 nitrogen and oxygen atoms in total. The maximum Gasteiger partial charge on any atom is 0.339 e. The molecule has 178 valence electrons. The molecule has 1 aromatic heterocycles. The molecule has 0 bridgehead atoms. The van der Waals surface area contributed by atoms with Crippen molar-refractivity contribution >= 4 is 28.8 Å². The minimum Gasteiger partial charge on any atom is -0.493 e. The molecule has 0 saturated heterocycles. The Morgan fingerprint density at radius 2 is 1.59 bits per heavy atom. The lowest BCUT2D eigenvalue weighted by atomic mass is 10.0. The fourth-order valence-electron chi connectivity index (χ4n) is 3.27. The summed E-state index contributed by atoms with van der Waals surface area (Å²) in [5.41, 5.74) is 1.81.